The largest absolute Gasteiger partial charge is 0.489 e. The van der Waals surface area contributed by atoms with Crippen molar-refractivity contribution < 1.29 is 4.74 Å². The summed E-state index contributed by atoms with van der Waals surface area (Å²) in [6.45, 7) is 3.32. The highest BCUT2D eigenvalue weighted by Crippen LogP contribution is 2.14. The van der Waals surface area contributed by atoms with Crippen molar-refractivity contribution in [2.75, 3.05) is 11.9 Å². The van der Waals surface area contributed by atoms with Gasteiger partial charge in [-0.15, -0.1) is 0 Å². The van der Waals surface area contributed by atoms with Crippen molar-refractivity contribution in [2.45, 2.75) is 13.5 Å². The number of aromatic nitrogens is 1. The summed E-state index contributed by atoms with van der Waals surface area (Å²) in [6.07, 6.45) is 1.78. The van der Waals surface area contributed by atoms with Crippen molar-refractivity contribution in [2.24, 2.45) is 0 Å². The molecule has 0 radical (unpaired) electrons. The highest BCUT2D eigenvalue weighted by Gasteiger charge is 1.99. The first kappa shape index (κ1) is 12.9. The summed E-state index contributed by atoms with van der Waals surface area (Å²) >= 11 is 0. The highest BCUT2D eigenvalue weighted by molar-refractivity contribution is 5.37. The summed E-state index contributed by atoms with van der Waals surface area (Å²) < 4.78 is 5.62. The maximum atomic E-state index is 8.81. The third-order valence-electron chi connectivity index (χ3n) is 2.55. The van der Waals surface area contributed by atoms with E-state index in [1.807, 2.05) is 25.1 Å². The zero-order chi connectivity index (χ0) is 13.5. The molecule has 1 N–H and O–H groups in total. The van der Waals surface area contributed by atoms with Gasteiger partial charge in [0.05, 0.1) is 11.6 Å². The van der Waals surface area contributed by atoms with Crippen molar-refractivity contribution in [3.8, 4) is 11.8 Å². The maximum Gasteiger partial charge on any atom is 0.125 e. The first-order chi connectivity index (χ1) is 9.31. The average Bonchev–Trinajstić information content (AvgIpc) is 2.47. The minimum absolute atomic E-state index is 0.439. The third-order valence-corrected chi connectivity index (χ3v) is 2.55. The number of anilines is 1. The number of hydrogen-bond donors (Lipinski definition) is 1. The Labute approximate surface area is 112 Å². The fraction of sp³-hybridized carbons (Fsp3) is 0.200. The van der Waals surface area contributed by atoms with Crippen LogP contribution in [0.3, 0.4) is 0 Å². The van der Waals surface area contributed by atoms with Crippen LogP contribution in [0.1, 0.15) is 18.1 Å². The molecule has 96 valence electrons. The van der Waals surface area contributed by atoms with Crippen molar-refractivity contribution >= 4 is 5.82 Å². The van der Waals surface area contributed by atoms with Crippen LogP contribution in [0, 0.1) is 11.3 Å². The summed E-state index contributed by atoms with van der Waals surface area (Å²) in [4.78, 5) is 4.27. The molecular formula is C15H15N3O. The molecule has 0 fully saturated rings. The first-order valence-electron chi connectivity index (χ1n) is 6.13. The number of pyridine rings is 1. The van der Waals surface area contributed by atoms with Gasteiger partial charge in [-0.25, -0.2) is 4.98 Å². The molecule has 0 saturated carbocycles. The van der Waals surface area contributed by atoms with Crippen LogP contribution in [-0.4, -0.2) is 11.5 Å². The smallest absolute Gasteiger partial charge is 0.125 e. The van der Waals surface area contributed by atoms with Gasteiger partial charge in [-0.1, -0.05) is 12.1 Å². The second-order valence-electron chi connectivity index (χ2n) is 4.01. The van der Waals surface area contributed by atoms with E-state index in [4.69, 9.17) is 10.00 Å². The minimum Gasteiger partial charge on any atom is -0.489 e. The number of nitriles is 1. The van der Waals surface area contributed by atoms with Gasteiger partial charge in [-0.2, -0.15) is 5.26 Å². The van der Waals surface area contributed by atoms with E-state index in [0.717, 1.165) is 17.9 Å². The fourth-order valence-electron chi connectivity index (χ4n) is 1.62. The number of ether oxygens (including phenoxy) is 1. The lowest BCUT2D eigenvalue weighted by Gasteiger charge is -2.07. The average molecular weight is 253 g/mol. The SMILES string of the molecule is CCNc1ccc(COc2cccc(C#N)c2)cn1. The Balaban J connectivity index is 1.96. The van der Waals surface area contributed by atoms with E-state index in [-0.39, 0.29) is 0 Å². The summed E-state index contributed by atoms with van der Waals surface area (Å²) in [5.41, 5.74) is 1.59. The third kappa shape index (κ3) is 3.71. The van der Waals surface area contributed by atoms with E-state index in [2.05, 4.69) is 16.4 Å². The molecule has 0 aliphatic heterocycles. The summed E-state index contributed by atoms with van der Waals surface area (Å²) in [6, 6.07) is 13.1. The molecule has 2 aromatic rings. The first-order valence-corrected chi connectivity index (χ1v) is 6.13. The molecule has 1 aromatic heterocycles. The Hall–Kier alpha value is -2.54. The Morgan fingerprint density at radius 1 is 1.32 bits per heavy atom. The van der Waals surface area contributed by atoms with Crippen LogP contribution in [0.2, 0.25) is 0 Å². The molecule has 2 rings (SSSR count). The standard InChI is InChI=1S/C15H15N3O/c1-2-17-15-7-6-13(10-18-15)11-19-14-5-3-4-12(8-14)9-16/h3-8,10H,2,11H2,1H3,(H,17,18). The molecule has 0 atom stereocenters. The predicted molar refractivity (Wildman–Crippen MR) is 73.9 cm³/mol. The van der Waals surface area contributed by atoms with Gasteiger partial charge in [0.25, 0.3) is 0 Å². The topological polar surface area (TPSA) is 57.9 Å². The quantitative estimate of drug-likeness (QED) is 0.890. The fourth-order valence-corrected chi connectivity index (χ4v) is 1.62. The van der Waals surface area contributed by atoms with E-state index in [0.29, 0.717) is 17.9 Å². The van der Waals surface area contributed by atoms with Gasteiger partial charge < -0.3 is 10.1 Å². The number of nitrogens with zero attached hydrogens (tertiary/aromatic N) is 2. The summed E-state index contributed by atoms with van der Waals surface area (Å²) in [7, 11) is 0. The molecule has 1 aromatic carbocycles. The minimum atomic E-state index is 0.439. The molecule has 4 nitrogen and oxygen atoms in total. The van der Waals surface area contributed by atoms with E-state index in [9.17, 15) is 0 Å². The highest BCUT2D eigenvalue weighted by atomic mass is 16.5. The van der Waals surface area contributed by atoms with Gasteiger partial charge in [-0.3, -0.25) is 0 Å². The Kier molecular flexibility index (Phi) is 4.35. The lowest BCUT2D eigenvalue weighted by atomic mass is 10.2. The van der Waals surface area contributed by atoms with Crippen LogP contribution < -0.4 is 10.1 Å². The van der Waals surface area contributed by atoms with Crippen LogP contribution in [0.25, 0.3) is 0 Å². The van der Waals surface area contributed by atoms with E-state index in [1.165, 1.54) is 0 Å². The number of rotatable bonds is 5. The van der Waals surface area contributed by atoms with Crippen LogP contribution in [0.5, 0.6) is 5.75 Å². The lowest BCUT2D eigenvalue weighted by molar-refractivity contribution is 0.305. The summed E-state index contributed by atoms with van der Waals surface area (Å²) in [5, 5.41) is 11.9. The molecular weight excluding hydrogens is 238 g/mol. The van der Waals surface area contributed by atoms with Crippen molar-refractivity contribution in [1.82, 2.24) is 4.98 Å². The molecule has 0 aliphatic rings. The molecule has 1 heterocycles. The Morgan fingerprint density at radius 3 is 2.89 bits per heavy atom. The van der Waals surface area contributed by atoms with Gasteiger partial charge in [0.15, 0.2) is 0 Å². The molecule has 0 unspecified atom stereocenters. The van der Waals surface area contributed by atoms with E-state index < -0.39 is 0 Å². The van der Waals surface area contributed by atoms with Crippen LogP contribution in [0.15, 0.2) is 42.6 Å². The number of benzene rings is 1. The second-order valence-corrected chi connectivity index (χ2v) is 4.01. The molecule has 0 saturated heterocycles. The summed E-state index contributed by atoms with van der Waals surface area (Å²) in [5.74, 6) is 1.55. The maximum absolute atomic E-state index is 8.81. The second kappa shape index (κ2) is 6.41. The Bertz CT molecular complexity index is 573. The molecule has 0 bridgehead atoms. The van der Waals surface area contributed by atoms with Crippen LogP contribution in [-0.2, 0) is 6.61 Å². The zero-order valence-corrected chi connectivity index (χ0v) is 10.8. The van der Waals surface area contributed by atoms with E-state index in [1.54, 1.807) is 24.4 Å². The Morgan fingerprint density at radius 2 is 2.21 bits per heavy atom. The molecule has 0 aliphatic carbocycles. The monoisotopic (exact) mass is 253 g/mol. The van der Waals surface area contributed by atoms with Crippen molar-refractivity contribution in [3.63, 3.8) is 0 Å². The van der Waals surface area contributed by atoms with Crippen LogP contribution >= 0.6 is 0 Å². The van der Waals surface area contributed by atoms with Gasteiger partial charge in [0.2, 0.25) is 0 Å². The van der Waals surface area contributed by atoms with Gasteiger partial charge in [0, 0.05) is 18.3 Å². The molecule has 0 amide bonds. The van der Waals surface area contributed by atoms with Gasteiger partial charge >= 0.3 is 0 Å². The molecule has 0 spiro atoms. The predicted octanol–water partition coefficient (Wildman–Crippen LogP) is 2.96. The van der Waals surface area contributed by atoms with Gasteiger partial charge in [0.1, 0.15) is 18.2 Å². The molecule has 19 heavy (non-hydrogen) atoms. The van der Waals surface area contributed by atoms with E-state index >= 15 is 0 Å². The molecule has 4 heteroatoms. The zero-order valence-electron chi connectivity index (χ0n) is 10.8. The van der Waals surface area contributed by atoms with Crippen molar-refractivity contribution in [1.29, 1.82) is 5.26 Å². The lowest BCUT2D eigenvalue weighted by Crippen LogP contribution is -2.01. The van der Waals surface area contributed by atoms with Gasteiger partial charge in [-0.05, 0) is 31.2 Å². The van der Waals surface area contributed by atoms with Crippen molar-refractivity contribution in [3.05, 3.63) is 53.7 Å². The number of nitrogens with one attached hydrogen (secondary N) is 1. The van der Waals surface area contributed by atoms with Crippen LogP contribution in [0.4, 0.5) is 5.82 Å². The number of hydrogen-bond acceptors (Lipinski definition) is 4. The normalized spacial score (nSPS) is 9.68.